The maximum absolute atomic E-state index is 12.4. The summed E-state index contributed by atoms with van der Waals surface area (Å²) in [7, 11) is 0. The Morgan fingerprint density at radius 2 is 1.67 bits per heavy atom. The third-order valence-electron chi connectivity index (χ3n) is 3.82. The molecule has 2 aromatic rings. The first-order chi connectivity index (χ1) is 11.6. The molecule has 0 unspecified atom stereocenters. The summed E-state index contributed by atoms with van der Waals surface area (Å²) >= 11 is 6.09. The summed E-state index contributed by atoms with van der Waals surface area (Å²) in [4.78, 5) is 26.4. The Morgan fingerprint density at radius 3 is 2.33 bits per heavy atom. The van der Waals surface area contributed by atoms with Gasteiger partial charge in [0.05, 0.1) is 0 Å². The number of carbonyl (C=O) groups excluding carboxylic acids is 2. The van der Waals surface area contributed by atoms with Gasteiger partial charge >= 0.3 is 0 Å². The molecule has 5 heteroatoms. The quantitative estimate of drug-likeness (QED) is 0.867. The van der Waals surface area contributed by atoms with Gasteiger partial charge in [-0.05, 0) is 43.7 Å². The SMILES string of the molecule is CCN(CC)C(=O)c1cccc(C(=O)NCc2ccccc2Cl)c1. The molecule has 0 aromatic heterocycles. The predicted octanol–water partition coefficient (Wildman–Crippen LogP) is 3.75. The zero-order valence-electron chi connectivity index (χ0n) is 13.9. The Hall–Kier alpha value is -2.33. The van der Waals surface area contributed by atoms with E-state index in [2.05, 4.69) is 5.32 Å². The number of rotatable bonds is 6. The van der Waals surface area contributed by atoms with E-state index in [-0.39, 0.29) is 11.8 Å². The van der Waals surface area contributed by atoms with Crippen molar-refractivity contribution in [2.24, 2.45) is 0 Å². The Balaban J connectivity index is 2.09. The van der Waals surface area contributed by atoms with E-state index >= 15 is 0 Å². The Labute approximate surface area is 147 Å². The van der Waals surface area contributed by atoms with E-state index in [1.54, 1.807) is 35.2 Å². The van der Waals surface area contributed by atoms with Gasteiger partial charge in [-0.2, -0.15) is 0 Å². The van der Waals surface area contributed by atoms with Gasteiger partial charge in [0.2, 0.25) is 0 Å². The van der Waals surface area contributed by atoms with Gasteiger partial charge in [0.15, 0.2) is 0 Å². The molecule has 4 nitrogen and oxygen atoms in total. The first-order valence-corrected chi connectivity index (χ1v) is 8.35. The average Bonchev–Trinajstić information content (AvgIpc) is 2.62. The van der Waals surface area contributed by atoms with Crippen LogP contribution in [-0.4, -0.2) is 29.8 Å². The van der Waals surface area contributed by atoms with E-state index < -0.39 is 0 Å². The molecule has 2 aromatic carbocycles. The van der Waals surface area contributed by atoms with Crippen LogP contribution in [0.25, 0.3) is 0 Å². The molecule has 0 aliphatic carbocycles. The Kier molecular flexibility index (Phi) is 6.38. The minimum Gasteiger partial charge on any atom is -0.348 e. The molecule has 0 atom stereocenters. The standard InChI is InChI=1S/C19H21ClN2O2/c1-3-22(4-2)19(24)15-10-7-9-14(12-15)18(23)21-13-16-8-5-6-11-17(16)20/h5-12H,3-4,13H2,1-2H3,(H,21,23). The van der Waals surface area contributed by atoms with Crippen LogP contribution in [-0.2, 0) is 6.54 Å². The van der Waals surface area contributed by atoms with E-state index in [9.17, 15) is 9.59 Å². The zero-order chi connectivity index (χ0) is 17.5. The van der Waals surface area contributed by atoms with Crippen LogP contribution in [0.2, 0.25) is 5.02 Å². The smallest absolute Gasteiger partial charge is 0.253 e. The first kappa shape index (κ1) is 18.0. The molecule has 2 rings (SSSR count). The summed E-state index contributed by atoms with van der Waals surface area (Å²) in [6, 6.07) is 14.1. The number of carbonyl (C=O) groups is 2. The summed E-state index contributed by atoms with van der Waals surface area (Å²) < 4.78 is 0. The van der Waals surface area contributed by atoms with Crippen molar-refractivity contribution in [3.63, 3.8) is 0 Å². The Bertz CT molecular complexity index is 727. The summed E-state index contributed by atoms with van der Waals surface area (Å²) in [5.74, 6) is -0.301. The van der Waals surface area contributed by atoms with Crippen LogP contribution in [0.4, 0.5) is 0 Å². The number of hydrogen-bond donors (Lipinski definition) is 1. The summed E-state index contributed by atoms with van der Waals surface area (Å²) in [5.41, 5.74) is 1.83. The average molecular weight is 345 g/mol. The van der Waals surface area contributed by atoms with E-state index in [1.165, 1.54) is 0 Å². The van der Waals surface area contributed by atoms with Gasteiger partial charge < -0.3 is 10.2 Å². The van der Waals surface area contributed by atoms with Crippen molar-refractivity contribution < 1.29 is 9.59 Å². The van der Waals surface area contributed by atoms with Gasteiger partial charge in [-0.3, -0.25) is 9.59 Å². The second-order valence-electron chi connectivity index (χ2n) is 5.33. The third kappa shape index (κ3) is 4.36. The van der Waals surface area contributed by atoms with Crippen LogP contribution in [0.3, 0.4) is 0 Å². The number of amides is 2. The van der Waals surface area contributed by atoms with Gasteiger partial charge in [-0.1, -0.05) is 35.9 Å². The molecule has 0 saturated carbocycles. The highest BCUT2D eigenvalue weighted by Gasteiger charge is 2.14. The molecule has 0 aliphatic rings. The van der Waals surface area contributed by atoms with Gasteiger partial charge in [-0.25, -0.2) is 0 Å². The van der Waals surface area contributed by atoms with Gasteiger partial charge in [-0.15, -0.1) is 0 Å². The van der Waals surface area contributed by atoms with E-state index in [0.29, 0.717) is 35.8 Å². The fourth-order valence-corrected chi connectivity index (χ4v) is 2.61. The minimum atomic E-state index is -0.232. The maximum atomic E-state index is 12.4. The topological polar surface area (TPSA) is 49.4 Å². The van der Waals surface area contributed by atoms with Crippen molar-refractivity contribution in [1.29, 1.82) is 0 Å². The van der Waals surface area contributed by atoms with Gasteiger partial charge in [0.25, 0.3) is 11.8 Å². The molecule has 0 bridgehead atoms. The highest BCUT2D eigenvalue weighted by Crippen LogP contribution is 2.15. The predicted molar refractivity (Wildman–Crippen MR) is 96.3 cm³/mol. The molecule has 1 N–H and O–H groups in total. The van der Waals surface area contributed by atoms with Crippen molar-refractivity contribution in [2.45, 2.75) is 20.4 Å². The van der Waals surface area contributed by atoms with Crippen molar-refractivity contribution in [2.75, 3.05) is 13.1 Å². The molecule has 2 amide bonds. The van der Waals surface area contributed by atoms with Crippen LogP contribution in [0.15, 0.2) is 48.5 Å². The lowest BCUT2D eigenvalue weighted by Crippen LogP contribution is -2.30. The minimum absolute atomic E-state index is 0.0687. The number of nitrogens with one attached hydrogen (secondary N) is 1. The molecule has 0 saturated heterocycles. The van der Waals surface area contributed by atoms with Crippen molar-refractivity contribution in [1.82, 2.24) is 10.2 Å². The second kappa shape index (κ2) is 8.50. The van der Waals surface area contributed by atoms with Crippen LogP contribution in [0.5, 0.6) is 0 Å². The highest BCUT2D eigenvalue weighted by atomic mass is 35.5. The van der Waals surface area contributed by atoms with Crippen molar-refractivity contribution >= 4 is 23.4 Å². The molecular formula is C19H21ClN2O2. The second-order valence-corrected chi connectivity index (χ2v) is 5.74. The summed E-state index contributed by atoms with van der Waals surface area (Å²) in [5, 5.41) is 3.45. The fourth-order valence-electron chi connectivity index (χ4n) is 2.41. The number of benzene rings is 2. The lowest BCUT2D eigenvalue weighted by molar-refractivity contribution is 0.0773. The van der Waals surface area contributed by atoms with Gasteiger partial charge in [0, 0.05) is 35.8 Å². The zero-order valence-corrected chi connectivity index (χ0v) is 14.6. The van der Waals surface area contributed by atoms with Crippen molar-refractivity contribution in [3.8, 4) is 0 Å². The van der Waals surface area contributed by atoms with Gasteiger partial charge in [0.1, 0.15) is 0 Å². The van der Waals surface area contributed by atoms with E-state index in [4.69, 9.17) is 11.6 Å². The molecule has 24 heavy (non-hydrogen) atoms. The monoisotopic (exact) mass is 344 g/mol. The molecule has 0 radical (unpaired) electrons. The Morgan fingerprint density at radius 1 is 1.00 bits per heavy atom. The van der Waals surface area contributed by atoms with Crippen molar-refractivity contribution in [3.05, 3.63) is 70.2 Å². The summed E-state index contributed by atoms with van der Waals surface area (Å²) in [6.07, 6.45) is 0. The molecule has 0 spiro atoms. The van der Waals surface area contributed by atoms with E-state index in [0.717, 1.165) is 5.56 Å². The third-order valence-corrected chi connectivity index (χ3v) is 4.19. The lowest BCUT2D eigenvalue weighted by Gasteiger charge is -2.18. The first-order valence-electron chi connectivity index (χ1n) is 7.97. The highest BCUT2D eigenvalue weighted by molar-refractivity contribution is 6.31. The number of halogens is 1. The lowest BCUT2D eigenvalue weighted by atomic mass is 10.1. The summed E-state index contributed by atoms with van der Waals surface area (Å²) in [6.45, 7) is 5.48. The molecule has 0 aliphatic heterocycles. The molecular weight excluding hydrogens is 324 g/mol. The van der Waals surface area contributed by atoms with E-state index in [1.807, 2.05) is 32.0 Å². The normalized spacial score (nSPS) is 10.3. The van der Waals surface area contributed by atoms with Crippen LogP contribution < -0.4 is 5.32 Å². The molecule has 0 heterocycles. The van der Waals surface area contributed by atoms with Crippen LogP contribution in [0.1, 0.15) is 40.1 Å². The molecule has 126 valence electrons. The maximum Gasteiger partial charge on any atom is 0.253 e. The number of nitrogens with zero attached hydrogens (tertiary/aromatic N) is 1. The fraction of sp³-hybridized carbons (Fsp3) is 0.263. The van der Waals surface area contributed by atoms with Crippen LogP contribution in [0, 0.1) is 0 Å². The number of hydrogen-bond acceptors (Lipinski definition) is 2. The van der Waals surface area contributed by atoms with Crippen LogP contribution >= 0.6 is 11.6 Å². The largest absolute Gasteiger partial charge is 0.348 e. The molecule has 0 fully saturated rings.